The van der Waals surface area contributed by atoms with Crippen molar-refractivity contribution in [2.45, 2.75) is 39.0 Å². The van der Waals surface area contributed by atoms with Crippen LogP contribution in [0.4, 0.5) is 0 Å². The number of β-lactam (4-membered cyclic amide) rings is 1. The second-order valence-electron chi connectivity index (χ2n) is 6.96. The summed E-state index contributed by atoms with van der Waals surface area (Å²) < 4.78 is 0. The Balaban J connectivity index is 1.99. The van der Waals surface area contributed by atoms with E-state index in [1.165, 1.54) is 4.90 Å². The SMILES string of the molecule is CC1NC(C(N)=O)=NCC1C1=C(C(=O)O)N2C(=O)[C@H]([C@@H](C)O)[C@H]2C1C. The molecule has 3 aliphatic heterocycles. The van der Waals surface area contributed by atoms with Gasteiger partial charge in [-0.1, -0.05) is 6.92 Å². The first kappa shape index (κ1) is 17.4. The van der Waals surface area contributed by atoms with E-state index in [2.05, 4.69) is 10.3 Å². The standard InChI is InChI=1S/C16H22N4O5/c1-5-9(8-4-18-14(13(17)22)19-6(8)2)12(16(24)25)20-11(5)10(7(3)21)15(20)23/h5-8,10-11,21H,4H2,1-3H3,(H2,17,22)(H,18,19)(H,24,25)/t5?,6?,7-,8?,10-,11-/m1/s1. The summed E-state index contributed by atoms with van der Waals surface area (Å²) in [6, 6.07) is -0.618. The molecule has 0 spiro atoms. The summed E-state index contributed by atoms with van der Waals surface area (Å²) in [5.41, 5.74) is 5.84. The van der Waals surface area contributed by atoms with Crippen LogP contribution in [0.5, 0.6) is 0 Å². The van der Waals surface area contributed by atoms with Crippen LogP contribution in [0.1, 0.15) is 20.8 Å². The van der Waals surface area contributed by atoms with Crippen molar-refractivity contribution in [3.63, 3.8) is 0 Å². The van der Waals surface area contributed by atoms with E-state index in [1.807, 2.05) is 13.8 Å². The second kappa shape index (κ2) is 5.83. The van der Waals surface area contributed by atoms with Gasteiger partial charge in [-0.05, 0) is 19.4 Å². The average molecular weight is 350 g/mol. The van der Waals surface area contributed by atoms with Gasteiger partial charge in [-0.15, -0.1) is 0 Å². The van der Waals surface area contributed by atoms with Crippen molar-refractivity contribution >= 4 is 23.6 Å². The van der Waals surface area contributed by atoms with E-state index >= 15 is 0 Å². The van der Waals surface area contributed by atoms with Gasteiger partial charge in [-0.2, -0.15) is 0 Å². The fourth-order valence-electron chi connectivity index (χ4n) is 4.32. The number of carboxylic acid groups (broad SMARTS) is 1. The Kier molecular flexibility index (Phi) is 4.06. The molecular weight excluding hydrogens is 328 g/mol. The summed E-state index contributed by atoms with van der Waals surface area (Å²) in [5, 5.41) is 22.5. The van der Waals surface area contributed by atoms with Crippen molar-refractivity contribution < 1.29 is 24.6 Å². The van der Waals surface area contributed by atoms with E-state index in [-0.39, 0.29) is 47.9 Å². The summed E-state index contributed by atoms with van der Waals surface area (Å²) in [6.07, 6.45) is -0.841. The minimum atomic E-state index is -1.17. The maximum absolute atomic E-state index is 12.4. The lowest BCUT2D eigenvalue weighted by atomic mass is 9.74. The van der Waals surface area contributed by atoms with Gasteiger partial charge in [0.2, 0.25) is 5.91 Å². The molecule has 3 rings (SSSR count). The fourth-order valence-corrected chi connectivity index (χ4v) is 4.32. The van der Waals surface area contributed by atoms with Gasteiger partial charge in [0.05, 0.1) is 24.6 Å². The molecule has 3 aliphatic rings. The molecule has 25 heavy (non-hydrogen) atoms. The van der Waals surface area contributed by atoms with Gasteiger partial charge in [0.15, 0.2) is 5.84 Å². The summed E-state index contributed by atoms with van der Waals surface area (Å²) >= 11 is 0. The highest BCUT2D eigenvalue weighted by Gasteiger charge is 2.61. The Morgan fingerprint density at radius 3 is 2.52 bits per heavy atom. The molecule has 9 nitrogen and oxygen atoms in total. The second-order valence-corrected chi connectivity index (χ2v) is 6.96. The quantitative estimate of drug-likeness (QED) is 0.462. The number of fused-ring (bicyclic) bond motifs is 1. The largest absolute Gasteiger partial charge is 0.477 e. The number of hydrogen-bond acceptors (Lipinski definition) is 6. The normalized spacial score (nSPS) is 35.5. The van der Waals surface area contributed by atoms with E-state index in [4.69, 9.17) is 5.73 Å². The van der Waals surface area contributed by atoms with E-state index in [0.29, 0.717) is 5.57 Å². The van der Waals surface area contributed by atoms with E-state index in [0.717, 1.165) is 0 Å². The smallest absolute Gasteiger partial charge is 0.352 e. The summed E-state index contributed by atoms with van der Waals surface area (Å²) in [5.74, 6) is -3.22. The van der Waals surface area contributed by atoms with Crippen molar-refractivity contribution in [2.75, 3.05) is 6.54 Å². The third kappa shape index (κ3) is 2.41. The zero-order valence-corrected chi connectivity index (χ0v) is 14.3. The number of carboxylic acids is 1. The molecule has 0 bridgehead atoms. The molecule has 1 saturated heterocycles. The highest BCUT2D eigenvalue weighted by Crippen LogP contribution is 2.49. The maximum atomic E-state index is 12.4. The predicted octanol–water partition coefficient (Wildman–Crippen LogP) is -1.33. The zero-order chi connectivity index (χ0) is 18.6. The molecule has 3 unspecified atom stereocenters. The predicted molar refractivity (Wildman–Crippen MR) is 87.2 cm³/mol. The number of nitrogens with one attached hydrogen (secondary N) is 1. The van der Waals surface area contributed by atoms with Crippen LogP contribution in [-0.4, -0.2) is 63.5 Å². The van der Waals surface area contributed by atoms with Crippen molar-refractivity contribution in [3.8, 4) is 0 Å². The molecule has 0 aromatic heterocycles. The molecule has 6 atom stereocenters. The van der Waals surface area contributed by atoms with Crippen LogP contribution in [0.3, 0.4) is 0 Å². The Morgan fingerprint density at radius 2 is 2.04 bits per heavy atom. The number of aliphatic hydroxyl groups excluding tert-OH is 1. The molecule has 9 heteroatoms. The molecule has 0 aromatic carbocycles. The van der Waals surface area contributed by atoms with Gasteiger partial charge >= 0.3 is 5.97 Å². The number of rotatable bonds is 4. The summed E-state index contributed by atoms with van der Waals surface area (Å²) in [4.78, 5) is 40.9. The van der Waals surface area contributed by atoms with Crippen molar-refractivity contribution in [2.24, 2.45) is 28.5 Å². The molecule has 3 heterocycles. The molecule has 2 amide bonds. The molecular formula is C16H22N4O5. The molecule has 136 valence electrons. The van der Waals surface area contributed by atoms with Crippen molar-refractivity contribution in [1.82, 2.24) is 10.2 Å². The fraction of sp³-hybridized carbons (Fsp3) is 0.625. The first-order valence-electron chi connectivity index (χ1n) is 8.26. The van der Waals surface area contributed by atoms with Crippen LogP contribution < -0.4 is 11.1 Å². The molecule has 0 radical (unpaired) electrons. The van der Waals surface area contributed by atoms with Crippen molar-refractivity contribution in [3.05, 3.63) is 11.3 Å². The van der Waals surface area contributed by atoms with E-state index < -0.39 is 23.9 Å². The number of amides is 2. The van der Waals surface area contributed by atoms with Crippen LogP contribution >= 0.6 is 0 Å². The topological polar surface area (TPSA) is 145 Å². The highest BCUT2D eigenvalue weighted by atomic mass is 16.4. The maximum Gasteiger partial charge on any atom is 0.352 e. The number of carbonyl (C=O) groups excluding carboxylic acids is 2. The third-order valence-electron chi connectivity index (χ3n) is 5.48. The van der Waals surface area contributed by atoms with Gasteiger partial charge in [0.1, 0.15) is 5.70 Å². The molecule has 1 fully saturated rings. The number of nitrogens with two attached hydrogens (primary N) is 1. The Labute approximate surface area is 144 Å². The van der Waals surface area contributed by atoms with Crippen LogP contribution in [0.25, 0.3) is 0 Å². The first-order chi connectivity index (χ1) is 11.7. The van der Waals surface area contributed by atoms with Gasteiger partial charge < -0.3 is 26.2 Å². The lowest BCUT2D eigenvalue weighted by molar-refractivity contribution is -0.163. The Bertz CT molecular complexity index is 713. The van der Waals surface area contributed by atoms with E-state index in [1.54, 1.807) is 6.92 Å². The number of primary amides is 1. The Hall–Kier alpha value is -2.42. The minimum Gasteiger partial charge on any atom is -0.477 e. The van der Waals surface area contributed by atoms with Gasteiger partial charge in [-0.25, -0.2) is 4.79 Å². The number of carbonyl (C=O) groups is 3. The highest BCUT2D eigenvalue weighted by molar-refractivity contribution is 6.37. The van der Waals surface area contributed by atoms with Crippen LogP contribution in [0.15, 0.2) is 16.3 Å². The third-order valence-corrected chi connectivity index (χ3v) is 5.48. The number of nitrogens with zero attached hydrogens (tertiary/aromatic N) is 2. The van der Waals surface area contributed by atoms with E-state index in [9.17, 15) is 24.6 Å². The molecule has 5 N–H and O–H groups in total. The molecule has 0 saturated carbocycles. The number of hydrogen-bond donors (Lipinski definition) is 4. The number of amidine groups is 1. The van der Waals surface area contributed by atoms with Crippen LogP contribution in [0, 0.1) is 17.8 Å². The lowest BCUT2D eigenvalue weighted by Crippen LogP contribution is -2.63. The van der Waals surface area contributed by atoms with Gasteiger partial charge in [0, 0.05) is 17.9 Å². The summed E-state index contributed by atoms with van der Waals surface area (Å²) in [7, 11) is 0. The van der Waals surface area contributed by atoms with Crippen LogP contribution in [-0.2, 0) is 14.4 Å². The zero-order valence-electron chi connectivity index (χ0n) is 14.3. The average Bonchev–Trinajstić information content (AvgIpc) is 2.76. The number of aliphatic carboxylic acids is 1. The molecule has 0 aromatic rings. The Morgan fingerprint density at radius 1 is 1.40 bits per heavy atom. The van der Waals surface area contributed by atoms with Gasteiger partial charge in [0.25, 0.3) is 5.91 Å². The number of aliphatic hydroxyl groups is 1. The summed E-state index contributed by atoms with van der Waals surface area (Å²) in [6.45, 7) is 5.45. The molecule has 0 aliphatic carbocycles. The monoisotopic (exact) mass is 350 g/mol. The number of aliphatic imine (C=N–C) groups is 1. The first-order valence-corrected chi connectivity index (χ1v) is 8.26. The van der Waals surface area contributed by atoms with Crippen LogP contribution in [0.2, 0.25) is 0 Å². The minimum absolute atomic E-state index is 0.0178. The lowest BCUT2D eigenvalue weighted by Gasteiger charge is -2.46. The van der Waals surface area contributed by atoms with Gasteiger partial charge in [-0.3, -0.25) is 14.6 Å². The van der Waals surface area contributed by atoms with Crippen molar-refractivity contribution in [1.29, 1.82) is 0 Å².